The van der Waals surface area contributed by atoms with Gasteiger partial charge >= 0.3 is 5.97 Å². The van der Waals surface area contributed by atoms with Crippen LogP contribution < -0.4 is 5.32 Å². The van der Waals surface area contributed by atoms with E-state index in [9.17, 15) is 14.0 Å². The maximum Gasteiger partial charge on any atom is 0.319 e. The van der Waals surface area contributed by atoms with E-state index in [1.165, 1.54) is 11.8 Å². The third kappa shape index (κ3) is 5.64. The predicted octanol–water partition coefficient (Wildman–Crippen LogP) is 2.43. The zero-order valence-corrected chi connectivity index (χ0v) is 14.6. The molecule has 5 atom stereocenters. The minimum Gasteiger partial charge on any atom is -0.465 e. The lowest BCUT2D eigenvalue weighted by Crippen LogP contribution is -2.36. The molecule has 5 unspecified atom stereocenters. The summed E-state index contributed by atoms with van der Waals surface area (Å²) in [5, 5.41) is 2.55. The van der Waals surface area contributed by atoms with Gasteiger partial charge in [-0.25, -0.2) is 4.39 Å². The van der Waals surface area contributed by atoms with Gasteiger partial charge in [0.2, 0.25) is 5.91 Å². The SMILES string of the molecule is CCOC(=O)C1SC(NC(=O)COC2CCCC(F)C2)CC1C. The standard InChI is InChI=1S/C16H26FNO4S/c1-3-21-16(20)15-10(2)7-14(23-15)18-13(19)9-22-12-6-4-5-11(17)8-12/h10-12,14-15H,3-9H2,1-2H3,(H,18,19). The second-order valence-corrected chi connectivity index (χ2v) is 7.62. The quantitative estimate of drug-likeness (QED) is 0.748. The van der Waals surface area contributed by atoms with Crippen molar-refractivity contribution in [3.8, 4) is 0 Å². The van der Waals surface area contributed by atoms with Crippen LogP contribution in [0.3, 0.4) is 0 Å². The molecular formula is C16H26FNO4S. The number of nitrogens with one attached hydrogen (secondary N) is 1. The topological polar surface area (TPSA) is 64.6 Å². The molecule has 1 saturated heterocycles. The maximum atomic E-state index is 13.3. The van der Waals surface area contributed by atoms with E-state index in [2.05, 4.69) is 5.32 Å². The summed E-state index contributed by atoms with van der Waals surface area (Å²) in [7, 11) is 0. The summed E-state index contributed by atoms with van der Waals surface area (Å²) in [6, 6.07) is 0. The van der Waals surface area contributed by atoms with Crippen LogP contribution in [0.15, 0.2) is 0 Å². The first-order valence-corrected chi connectivity index (χ1v) is 9.31. The van der Waals surface area contributed by atoms with Crippen molar-refractivity contribution in [2.24, 2.45) is 5.92 Å². The third-order valence-electron chi connectivity index (χ3n) is 4.27. The minimum absolute atomic E-state index is 0.0487. The number of carbonyl (C=O) groups is 2. The number of hydrogen-bond acceptors (Lipinski definition) is 5. The van der Waals surface area contributed by atoms with Crippen molar-refractivity contribution in [1.29, 1.82) is 0 Å². The van der Waals surface area contributed by atoms with Crippen molar-refractivity contribution in [1.82, 2.24) is 5.32 Å². The van der Waals surface area contributed by atoms with Gasteiger partial charge in [0, 0.05) is 6.42 Å². The van der Waals surface area contributed by atoms with Crippen LogP contribution in [0.2, 0.25) is 0 Å². The fourth-order valence-corrected chi connectivity index (χ4v) is 4.61. The Morgan fingerprint density at radius 2 is 2.09 bits per heavy atom. The van der Waals surface area contributed by atoms with Gasteiger partial charge in [-0.3, -0.25) is 9.59 Å². The highest BCUT2D eigenvalue weighted by Crippen LogP contribution is 2.37. The van der Waals surface area contributed by atoms with Crippen molar-refractivity contribution < 1.29 is 23.5 Å². The summed E-state index contributed by atoms with van der Waals surface area (Å²) in [5.41, 5.74) is 0. The van der Waals surface area contributed by atoms with Crippen LogP contribution in [0.1, 0.15) is 46.0 Å². The molecule has 1 aliphatic carbocycles. The molecule has 1 aliphatic heterocycles. The first-order valence-electron chi connectivity index (χ1n) is 8.36. The fraction of sp³-hybridized carbons (Fsp3) is 0.875. The molecule has 2 fully saturated rings. The second kappa shape index (κ2) is 8.87. The summed E-state index contributed by atoms with van der Waals surface area (Å²) in [6.07, 6.45) is 2.36. The zero-order chi connectivity index (χ0) is 16.8. The number of rotatable bonds is 6. The van der Waals surface area contributed by atoms with Gasteiger partial charge in [-0.15, -0.1) is 11.8 Å². The number of hydrogen-bond donors (Lipinski definition) is 1. The first kappa shape index (κ1) is 18.5. The average molecular weight is 347 g/mol. The van der Waals surface area contributed by atoms with Crippen molar-refractivity contribution >= 4 is 23.6 Å². The Balaban J connectivity index is 1.70. The average Bonchev–Trinajstić information content (AvgIpc) is 2.86. The Labute approximate surface area is 141 Å². The number of carbonyl (C=O) groups excluding carboxylic acids is 2. The summed E-state index contributed by atoms with van der Waals surface area (Å²) < 4.78 is 23.8. The van der Waals surface area contributed by atoms with Crippen molar-refractivity contribution in [3.63, 3.8) is 0 Å². The molecule has 0 radical (unpaired) electrons. The maximum absolute atomic E-state index is 13.3. The van der Waals surface area contributed by atoms with E-state index in [1.807, 2.05) is 6.92 Å². The molecular weight excluding hydrogens is 321 g/mol. The highest BCUT2D eigenvalue weighted by atomic mass is 32.2. The lowest BCUT2D eigenvalue weighted by molar-refractivity contribution is -0.143. The van der Waals surface area contributed by atoms with Crippen LogP contribution in [-0.4, -0.2) is 48.0 Å². The summed E-state index contributed by atoms with van der Waals surface area (Å²) in [5.74, 6) is -0.259. The Kier molecular flexibility index (Phi) is 7.14. The molecule has 2 rings (SSSR count). The number of alkyl halides is 1. The molecule has 132 valence electrons. The Hall–Kier alpha value is -0.820. The van der Waals surface area contributed by atoms with Gasteiger partial charge in [-0.2, -0.15) is 0 Å². The first-order chi connectivity index (χ1) is 11.0. The molecule has 0 aromatic heterocycles. The summed E-state index contributed by atoms with van der Waals surface area (Å²) in [6.45, 7) is 4.09. The van der Waals surface area contributed by atoms with Gasteiger partial charge in [0.05, 0.1) is 18.1 Å². The van der Waals surface area contributed by atoms with E-state index in [1.54, 1.807) is 6.92 Å². The minimum atomic E-state index is -0.812. The molecule has 1 saturated carbocycles. The lowest BCUT2D eigenvalue weighted by Gasteiger charge is -2.24. The smallest absolute Gasteiger partial charge is 0.319 e. The largest absolute Gasteiger partial charge is 0.465 e. The molecule has 7 heteroatoms. The summed E-state index contributed by atoms with van der Waals surface area (Å²) >= 11 is 1.43. The fourth-order valence-electron chi connectivity index (χ4n) is 3.09. The molecule has 2 aliphatic rings. The molecule has 1 N–H and O–H groups in total. The molecule has 0 aromatic rings. The van der Waals surface area contributed by atoms with E-state index < -0.39 is 6.17 Å². The van der Waals surface area contributed by atoms with E-state index >= 15 is 0 Å². The van der Waals surface area contributed by atoms with E-state index in [0.717, 1.165) is 19.3 Å². The number of thioether (sulfide) groups is 1. The Bertz CT molecular complexity index is 423. The summed E-state index contributed by atoms with van der Waals surface area (Å²) in [4.78, 5) is 23.8. The highest BCUT2D eigenvalue weighted by Gasteiger charge is 2.38. The molecule has 23 heavy (non-hydrogen) atoms. The van der Waals surface area contributed by atoms with Crippen LogP contribution in [0, 0.1) is 5.92 Å². The third-order valence-corrected chi connectivity index (χ3v) is 5.86. The van der Waals surface area contributed by atoms with Crippen LogP contribution in [0.25, 0.3) is 0 Å². The van der Waals surface area contributed by atoms with E-state index in [-0.39, 0.29) is 41.1 Å². The predicted molar refractivity (Wildman–Crippen MR) is 86.8 cm³/mol. The van der Waals surface area contributed by atoms with Crippen LogP contribution in [-0.2, 0) is 19.1 Å². The number of ether oxygens (including phenoxy) is 2. The van der Waals surface area contributed by atoms with Crippen molar-refractivity contribution in [3.05, 3.63) is 0 Å². The van der Waals surface area contributed by atoms with Gasteiger partial charge in [0.15, 0.2) is 0 Å². The Morgan fingerprint density at radius 3 is 2.78 bits per heavy atom. The van der Waals surface area contributed by atoms with Crippen molar-refractivity contribution in [2.45, 2.75) is 68.9 Å². The number of esters is 1. The van der Waals surface area contributed by atoms with Crippen molar-refractivity contribution in [2.75, 3.05) is 13.2 Å². The van der Waals surface area contributed by atoms with Gasteiger partial charge in [0.1, 0.15) is 18.0 Å². The van der Waals surface area contributed by atoms with Gasteiger partial charge in [-0.05, 0) is 38.5 Å². The normalized spacial score (nSPS) is 34.1. The van der Waals surface area contributed by atoms with E-state index in [4.69, 9.17) is 9.47 Å². The van der Waals surface area contributed by atoms with E-state index in [0.29, 0.717) is 19.4 Å². The van der Waals surface area contributed by atoms with Crippen LogP contribution in [0.5, 0.6) is 0 Å². The molecule has 0 bridgehead atoms. The molecule has 5 nitrogen and oxygen atoms in total. The van der Waals surface area contributed by atoms with Gasteiger partial charge in [-0.1, -0.05) is 6.92 Å². The second-order valence-electron chi connectivity index (χ2n) is 6.27. The zero-order valence-electron chi connectivity index (χ0n) is 13.8. The molecule has 0 spiro atoms. The van der Waals surface area contributed by atoms with Crippen LogP contribution >= 0.6 is 11.8 Å². The molecule has 1 heterocycles. The number of halogens is 1. The highest BCUT2D eigenvalue weighted by molar-refractivity contribution is 8.01. The molecule has 1 amide bonds. The van der Waals surface area contributed by atoms with Gasteiger partial charge < -0.3 is 14.8 Å². The molecule has 0 aromatic carbocycles. The van der Waals surface area contributed by atoms with Crippen LogP contribution in [0.4, 0.5) is 4.39 Å². The lowest BCUT2D eigenvalue weighted by atomic mass is 9.96. The monoisotopic (exact) mass is 347 g/mol. The number of amides is 1. The van der Waals surface area contributed by atoms with Gasteiger partial charge in [0.25, 0.3) is 0 Å². The Morgan fingerprint density at radius 1 is 1.30 bits per heavy atom.